The molecule has 3 N–H and O–H groups in total. The van der Waals surface area contributed by atoms with E-state index in [0.717, 1.165) is 12.8 Å². The fourth-order valence-corrected chi connectivity index (χ4v) is 2.58. The summed E-state index contributed by atoms with van der Waals surface area (Å²) in [5, 5.41) is 14.1. The van der Waals surface area contributed by atoms with Gasteiger partial charge >= 0.3 is 5.69 Å². The van der Waals surface area contributed by atoms with Crippen molar-refractivity contribution in [3.05, 3.63) is 16.4 Å². The maximum atomic E-state index is 11.0. The number of rotatable bonds is 4. The van der Waals surface area contributed by atoms with Crippen LogP contribution in [0.1, 0.15) is 39.0 Å². The molecular weight excluding hydrogens is 246 g/mol. The zero-order chi connectivity index (χ0) is 13.9. The van der Waals surface area contributed by atoms with Gasteiger partial charge in [0.15, 0.2) is 0 Å². The lowest BCUT2D eigenvalue weighted by Crippen LogP contribution is -2.29. The molecule has 1 saturated carbocycles. The lowest BCUT2D eigenvalue weighted by atomic mass is 9.76. The monoisotopic (exact) mass is 265 g/mol. The van der Waals surface area contributed by atoms with Gasteiger partial charge in [0.2, 0.25) is 11.6 Å². The van der Waals surface area contributed by atoms with Gasteiger partial charge in [0.05, 0.1) is 4.92 Å². The van der Waals surface area contributed by atoms with Gasteiger partial charge in [-0.3, -0.25) is 10.1 Å². The van der Waals surface area contributed by atoms with E-state index in [-0.39, 0.29) is 22.7 Å². The molecule has 104 valence electrons. The van der Waals surface area contributed by atoms with Crippen LogP contribution in [0.4, 0.5) is 17.3 Å². The first-order valence-corrected chi connectivity index (χ1v) is 6.51. The minimum absolute atomic E-state index is 0.101. The van der Waals surface area contributed by atoms with Crippen molar-refractivity contribution in [2.24, 2.45) is 5.41 Å². The molecule has 0 aliphatic heterocycles. The van der Waals surface area contributed by atoms with Gasteiger partial charge in [-0.2, -0.15) is 0 Å². The Bertz CT molecular complexity index is 471. The molecule has 0 spiro atoms. The predicted octanol–water partition coefficient (Wildman–Crippen LogP) is 2.35. The minimum Gasteiger partial charge on any atom is -0.378 e. The Labute approximate surface area is 111 Å². The van der Waals surface area contributed by atoms with Crippen molar-refractivity contribution in [3.63, 3.8) is 0 Å². The van der Waals surface area contributed by atoms with Crippen LogP contribution in [-0.4, -0.2) is 21.4 Å². The molecule has 2 rings (SSSR count). The predicted molar refractivity (Wildman–Crippen MR) is 72.8 cm³/mol. The van der Waals surface area contributed by atoms with Crippen LogP contribution in [0.5, 0.6) is 0 Å². The number of hydrogen-bond acceptors (Lipinski definition) is 6. The molecular formula is C12H19N5O2. The van der Waals surface area contributed by atoms with Crippen molar-refractivity contribution in [2.75, 3.05) is 17.6 Å². The van der Waals surface area contributed by atoms with Gasteiger partial charge in [0.1, 0.15) is 6.33 Å². The molecule has 7 heteroatoms. The van der Waals surface area contributed by atoms with E-state index in [2.05, 4.69) is 22.2 Å². The normalized spacial score (nSPS) is 17.9. The van der Waals surface area contributed by atoms with Gasteiger partial charge in [-0.1, -0.05) is 26.2 Å². The van der Waals surface area contributed by atoms with Crippen molar-refractivity contribution >= 4 is 17.3 Å². The highest BCUT2D eigenvalue weighted by Gasteiger charge is 2.28. The standard InChI is InChI=1S/C12H19N5O2/c1-12(5-3-2-4-6-12)7-14-11-9(17(18)19)10(13)15-8-16-11/h8H,2-7H2,1H3,(H3,13,14,15,16). The van der Waals surface area contributed by atoms with Crippen LogP contribution in [0.25, 0.3) is 0 Å². The highest BCUT2D eigenvalue weighted by Crippen LogP contribution is 2.36. The topological polar surface area (TPSA) is 107 Å². The molecule has 1 aliphatic rings. The second kappa shape index (κ2) is 5.38. The quantitative estimate of drug-likeness (QED) is 0.639. The van der Waals surface area contributed by atoms with Crippen LogP contribution < -0.4 is 11.1 Å². The summed E-state index contributed by atoms with van der Waals surface area (Å²) < 4.78 is 0. The molecule has 0 bridgehead atoms. The van der Waals surface area contributed by atoms with E-state index in [1.165, 1.54) is 25.6 Å². The molecule has 0 atom stereocenters. The fraction of sp³-hybridized carbons (Fsp3) is 0.667. The smallest absolute Gasteiger partial charge is 0.352 e. The Balaban J connectivity index is 2.11. The van der Waals surface area contributed by atoms with E-state index >= 15 is 0 Å². The number of anilines is 2. The van der Waals surface area contributed by atoms with Gasteiger partial charge in [-0.15, -0.1) is 0 Å². The van der Waals surface area contributed by atoms with Crippen molar-refractivity contribution in [2.45, 2.75) is 39.0 Å². The van der Waals surface area contributed by atoms with E-state index in [0.29, 0.717) is 6.54 Å². The summed E-state index contributed by atoms with van der Waals surface area (Å²) >= 11 is 0. The number of nitrogen functional groups attached to an aromatic ring is 1. The Morgan fingerprint density at radius 2 is 2.11 bits per heavy atom. The summed E-state index contributed by atoms with van der Waals surface area (Å²) in [7, 11) is 0. The Kier molecular flexibility index (Phi) is 3.82. The van der Waals surface area contributed by atoms with Crippen LogP contribution in [0.3, 0.4) is 0 Å². The lowest BCUT2D eigenvalue weighted by Gasteiger charge is -2.33. The maximum absolute atomic E-state index is 11.0. The molecule has 7 nitrogen and oxygen atoms in total. The van der Waals surface area contributed by atoms with Gasteiger partial charge in [0.25, 0.3) is 0 Å². The molecule has 0 unspecified atom stereocenters. The molecule has 0 radical (unpaired) electrons. The van der Waals surface area contributed by atoms with E-state index < -0.39 is 4.92 Å². The molecule has 0 saturated heterocycles. The van der Waals surface area contributed by atoms with Crippen LogP contribution >= 0.6 is 0 Å². The third-order valence-corrected chi connectivity index (χ3v) is 3.78. The summed E-state index contributed by atoms with van der Waals surface area (Å²) in [6.07, 6.45) is 7.21. The van der Waals surface area contributed by atoms with E-state index in [1.54, 1.807) is 0 Å². The Morgan fingerprint density at radius 1 is 1.42 bits per heavy atom. The van der Waals surface area contributed by atoms with E-state index in [9.17, 15) is 10.1 Å². The zero-order valence-electron chi connectivity index (χ0n) is 11.1. The summed E-state index contributed by atoms with van der Waals surface area (Å²) in [5.41, 5.74) is 5.47. The van der Waals surface area contributed by atoms with Crippen LogP contribution in [0, 0.1) is 15.5 Å². The zero-order valence-corrected chi connectivity index (χ0v) is 11.1. The second-order valence-electron chi connectivity index (χ2n) is 5.44. The summed E-state index contributed by atoms with van der Waals surface area (Å²) in [4.78, 5) is 18.0. The highest BCUT2D eigenvalue weighted by atomic mass is 16.6. The fourth-order valence-electron chi connectivity index (χ4n) is 2.58. The van der Waals surface area contributed by atoms with Crippen molar-refractivity contribution in [3.8, 4) is 0 Å². The number of nitrogens with two attached hydrogens (primary N) is 1. The number of nitrogens with zero attached hydrogens (tertiary/aromatic N) is 3. The first-order chi connectivity index (χ1) is 9.02. The molecule has 19 heavy (non-hydrogen) atoms. The number of hydrogen-bond donors (Lipinski definition) is 2. The van der Waals surface area contributed by atoms with Crippen LogP contribution in [0.15, 0.2) is 6.33 Å². The molecule has 0 amide bonds. The van der Waals surface area contributed by atoms with Crippen molar-refractivity contribution < 1.29 is 4.92 Å². The molecule has 1 aromatic rings. The number of aromatic nitrogens is 2. The van der Waals surface area contributed by atoms with Crippen LogP contribution in [0.2, 0.25) is 0 Å². The SMILES string of the molecule is CC1(CNc2ncnc(N)c2[N+](=O)[O-])CCCCC1. The largest absolute Gasteiger partial charge is 0.378 e. The summed E-state index contributed by atoms with van der Waals surface area (Å²) in [6.45, 7) is 2.87. The summed E-state index contributed by atoms with van der Waals surface area (Å²) in [5.74, 6) is 0.112. The lowest BCUT2D eigenvalue weighted by molar-refractivity contribution is -0.383. The first-order valence-electron chi connectivity index (χ1n) is 6.51. The van der Waals surface area contributed by atoms with Gasteiger partial charge in [0, 0.05) is 6.54 Å². The third kappa shape index (κ3) is 3.10. The average molecular weight is 265 g/mol. The Hall–Kier alpha value is -1.92. The minimum atomic E-state index is -0.541. The summed E-state index contributed by atoms with van der Waals surface area (Å²) in [6, 6.07) is 0. The van der Waals surface area contributed by atoms with Gasteiger partial charge < -0.3 is 11.1 Å². The maximum Gasteiger partial charge on any atom is 0.352 e. The van der Waals surface area contributed by atoms with Crippen LogP contribution in [-0.2, 0) is 0 Å². The highest BCUT2D eigenvalue weighted by molar-refractivity contribution is 5.67. The van der Waals surface area contributed by atoms with E-state index in [4.69, 9.17) is 5.73 Å². The number of nitro groups is 1. The molecule has 1 fully saturated rings. The first kappa shape index (κ1) is 13.5. The third-order valence-electron chi connectivity index (χ3n) is 3.78. The van der Waals surface area contributed by atoms with E-state index in [1.807, 2.05) is 0 Å². The molecule has 1 aliphatic carbocycles. The molecule has 1 aromatic heterocycles. The Morgan fingerprint density at radius 3 is 2.74 bits per heavy atom. The molecule has 1 heterocycles. The van der Waals surface area contributed by atoms with Gasteiger partial charge in [-0.05, 0) is 18.3 Å². The molecule has 0 aromatic carbocycles. The second-order valence-corrected chi connectivity index (χ2v) is 5.44. The number of nitrogens with one attached hydrogen (secondary N) is 1. The van der Waals surface area contributed by atoms with Crippen molar-refractivity contribution in [1.82, 2.24) is 9.97 Å². The van der Waals surface area contributed by atoms with Gasteiger partial charge in [-0.25, -0.2) is 9.97 Å². The van der Waals surface area contributed by atoms with Crippen molar-refractivity contribution in [1.29, 1.82) is 0 Å². The average Bonchev–Trinajstić information content (AvgIpc) is 2.37.